The van der Waals surface area contributed by atoms with E-state index in [0.29, 0.717) is 10.8 Å². The van der Waals surface area contributed by atoms with Gasteiger partial charge in [-0.15, -0.1) is 0 Å². The second kappa shape index (κ2) is 5.74. The summed E-state index contributed by atoms with van der Waals surface area (Å²) >= 11 is 5.93. The van der Waals surface area contributed by atoms with Crippen molar-refractivity contribution in [1.82, 2.24) is 4.98 Å². The lowest BCUT2D eigenvalue weighted by molar-refractivity contribution is 0.816. The van der Waals surface area contributed by atoms with E-state index in [9.17, 15) is 0 Å². The summed E-state index contributed by atoms with van der Waals surface area (Å²) in [7, 11) is 0. The molecule has 4 heteroatoms. The van der Waals surface area contributed by atoms with Crippen LogP contribution in [0.1, 0.15) is 12.5 Å². The Bertz CT molecular complexity index is 514. The zero-order valence-corrected chi connectivity index (χ0v) is 11.1. The molecule has 0 spiro atoms. The molecular formula is C14H16ClN3. The number of nitrogens with two attached hydrogens (primary N) is 1. The summed E-state index contributed by atoms with van der Waals surface area (Å²) in [5.74, 6) is 0.744. The first-order valence-electron chi connectivity index (χ1n) is 5.91. The summed E-state index contributed by atoms with van der Waals surface area (Å²) in [6.45, 7) is 3.67. The number of benzene rings is 1. The van der Waals surface area contributed by atoms with Crippen LogP contribution < -0.4 is 10.6 Å². The molecule has 2 N–H and O–H groups in total. The molecule has 18 heavy (non-hydrogen) atoms. The van der Waals surface area contributed by atoms with Gasteiger partial charge in [0.2, 0.25) is 0 Å². The van der Waals surface area contributed by atoms with Gasteiger partial charge in [-0.1, -0.05) is 41.9 Å². The number of pyridine rings is 1. The largest absolute Gasteiger partial charge is 0.396 e. The van der Waals surface area contributed by atoms with E-state index in [0.717, 1.165) is 18.9 Å². The van der Waals surface area contributed by atoms with Crippen molar-refractivity contribution in [2.75, 3.05) is 17.2 Å². The molecule has 2 rings (SSSR count). The fourth-order valence-corrected chi connectivity index (χ4v) is 1.97. The highest BCUT2D eigenvalue weighted by Gasteiger charge is 2.10. The molecule has 3 nitrogen and oxygen atoms in total. The van der Waals surface area contributed by atoms with Gasteiger partial charge in [0.15, 0.2) is 5.82 Å². The molecule has 0 aliphatic carbocycles. The van der Waals surface area contributed by atoms with Crippen molar-refractivity contribution in [2.24, 2.45) is 0 Å². The molecule has 1 aromatic heterocycles. The van der Waals surface area contributed by atoms with Crippen LogP contribution in [0.4, 0.5) is 11.5 Å². The Morgan fingerprint density at radius 2 is 1.89 bits per heavy atom. The van der Waals surface area contributed by atoms with Crippen molar-refractivity contribution < 1.29 is 0 Å². The van der Waals surface area contributed by atoms with E-state index in [1.54, 1.807) is 12.1 Å². The van der Waals surface area contributed by atoms with E-state index in [1.165, 1.54) is 5.56 Å². The topological polar surface area (TPSA) is 42.2 Å². The van der Waals surface area contributed by atoms with E-state index in [2.05, 4.69) is 28.9 Å². The van der Waals surface area contributed by atoms with Crippen LogP contribution in [0.25, 0.3) is 0 Å². The maximum Gasteiger partial charge on any atom is 0.153 e. The molecule has 0 unspecified atom stereocenters. The van der Waals surface area contributed by atoms with Gasteiger partial charge in [-0.3, -0.25) is 0 Å². The van der Waals surface area contributed by atoms with Crippen LogP contribution in [0.3, 0.4) is 0 Å². The molecule has 0 fully saturated rings. The van der Waals surface area contributed by atoms with Crippen molar-refractivity contribution in [3.8, 4) is 0 Å². The zero-order chi connectivity index (χ0) is 13.0. The van der Waals surface area contributed by atoms with E-state index >= 15 is 0 Å². The normalized spacial score (nSPS) is 10.3. The van der Waals surface area contributed by atoms with Gasteiger partial charge in [-0.2, -0.15) is 0 Å². The lowest BCUT2D eigenvalue weighted by Gasteiger charge is -2.23. The Hall–Kier alpha value is -1.74. The van der Waals surface area contributed by atoms with Gasteiger partial charge in [-0.05, 0) is 24.6 Å². The van der Waals surface area contributed by atoms with E-state index in [1.807, 2.05) is 18.2 Å². The average Bonchev–Trinajstić information content (AvgIpc) is 2.40. The number of anilines is 2. The average molecular weight is 262 g/mol. The van der Waals surface area contributed by atoms with E-state index in [-0.39, 0.29) is 0 Å². The molecule has 0 saturated carbocycles. The number of rotatable bonds is 4. The molecule has 2 aromatic rings. The number of hydrogen-bond acceptors (Lipinski definition) is 3. The summed E-state index contributed by atoms with van der Waals surface area (Å²) in [4.78, 5) is 6.41. The minimum absolute atomic E-state index is 0.464. The molecule has 1 aromatic carbocycles. The fourth-order valence-electron chi connectivity index (χ4n) is 1.83. The third kappa shape index (κ3) is 2.93. The van der Waals surface area contributed by atoms with Gasteiger partial charge < -0.3 is 10.6 Å². The maximum absolute atomic E-state index is 5.96. The minimum Gasteiger partial charge on any atom is -0.396 e. The molecule has 0 radical (unpaired) electrons. The second-order valence-electron chi connectivity index (χ2n) is 4.05. The van der Waals surface area contributed by atoms with Crippen LogP contribution >= 0.6 is 11.6 Å². The van der Waals surface area contributed by atoms with E-state index in [4.69, 9.17) is 17.3 Å². The van der Waals surface area contributed by atoms with Crippen molar-refractivity contribution in [3.05, 3.63) is 53.2 Å². The Labute approximate surface area is 112 Å². The highest BCUT2D eigenvalue weighted by Crippen LogP contribution is 2.24. The highest BCUT2D eigenvalue weighted by atomic mass is 35.5. The number of nitrogens with zero attached hydrogens (tertiary/aromatic N) is 2. The first-order chi connectivity index (χ1) is 8.70. The molecule has 0 aliphatic heterocycles. The van der Waals surface area contributed by atoms with Gasteiger partial charge in [0.1, 0.15) is 5.15 Å². The van der Waals surface area contributed by atoms with Gasteiger partial charge >= 0.3 is 0 Å². The molecule has 0 amide bonds. The van der Waals surface area contributed by atoms with Gasteiger partial charge in [0, 0.05) is 13.1 Å². The van der Waals surface area contributed by atoms with Crippen molar-refractivity contribution in [2.45, 2.75) is 13.5 Å². The second-order valence-corrected chi connectivity index (χ2v) is 4.43. The minimum atomic E-state index is 0.464. The smallest absolute Gasteiger partial charge is 0.153 e. The molecule has 0 atom stereocenters. The number of hydrogen-bond donors (Lipinski definition) is 1. The molecule has 0 bridgehead atoms. The molecule has 0 aliphatic rings. The van der Waals surface area contributed by atoms with Crippen LogP contribution in [-0.4, -0.2) is 11.5 Å². The Morgan fingerprint density at radius 1 is 1.17 bits per heavy atom. The lowest BCUT2D eigenvalue weighted by atomic mass is 10.2. The summed E-state index contributed by atoms with van der Waals surface area (Å²) in [5, 5.41) is 0.464. The van der Waals surface area contributed by atoms with Gasteiger partial charge in [0.05, 0.1) is 5.69 Å². The van der Waals surface area contributed by atoms with Crippen LogP contribution in [0.15, 0.2) is 42.5 Å². The third-order valence-corrected chi connectivity index (χ3v) is 2.98. The molecule has 0 saturated heterocycles. The zero-order valence-electron chi connectivity index (χ0n) is 10.3. The third-order valence-electron chi connectivity index (χ3n) is 2.77. The number of nitrogen functional groups attached to an aromatic ring is 1. The predicted octanol–water partition coefficient (Wildman–Crippen LogP) is 3.34. The van der Waals surface area contributed by atoms with Gasteiger partial charge in [0.25, 0.3) is 0 Å². The summed E-state index contributed by atoms with van der Waals surface area (Å²) < 4.78 is 0. The van der Waals surface area contributed by atoms with Crippen LogP contribution in [-0.2, 0) is 6.54 Å². The fraction of sp³-hybridized carbons (Fsp3) is 0.214. The van der Waals surface area contributed by atoms with Crippen molar-refractivity contribution in [1.29, 1.82) is 0 Å². The monoisotopic (exact) mass is 261 g/mol. The Morgan fingerprint density at radius 3 is 2.56 bits per heavy atom. The highest BCUT2D eigenvalue weighted by molar-refractivity contribution is 6.29. The first-order valence-corrected chi connectivity index (χ1v) is 6.29. The summed E-state index contributed by atoms with van der Waals surface area (Å²) in [6.07, 6.45) is 0. The molecule has 94 valence electrons. The predicted molar refractivity (Wildman–Crippen MR) is 76.8 cm³/mol. The van der Waals surface area contributed by atoms with Crippen molar-refractivity contribution in [3.63, 3.8) is 0 Å². The van der Waals surface area contributed by atoms with Crippen molar-refractivity contribution >= 4 is 23.1 Å². The van der Waals surface area contributed by atoms with E-state index < -0.39 is 0 Å². The summed E-state index contributed by atoms with van der Waals surface area (Å²) in [6, 6.07) is 13.7. The summed E-state index contributed by atoms with van der Waals surface area (Å²) in [5.41, 5.74) is 7.83. The quantitative estimate of drug-likeness (QED) is 0.859. The van der Waals surface area contributed by atoms with Crippen LogP contribution in [0.5, 0.6) is 0 Å². The Balaban J connectivity index is 2.26. The SMILES string of the molecule is CCN(Cc1ccccc1)c1nc(Cl)ccc1N. The first kappa shape index (κ1) is 12.7. The molecule has 1 heterocycles. The van der Waals surface area contributed by atoms with Crippen LogP contribution in [0.2, 0.25) is 5.15 Å². The standard InChI is InChI=1S/C14H16ClN3/c1-2-18(10-11-6-4-3-5-7-11)14-12(16)8-9-13(15)17-14/h3-9H,2,10,16H2,1H3. The lowest BCUT2D eigenvalue weighted by Crippen LogP contribution is -2.24. The van der Waals surface area contributed by atoms with Crippen LogP contribution in [0, 0.1) is 0 Å². The number of aromatic nitrogens is 1. The Kier molecular flexibility index (Phi) is 4.05. The maximum atomic E-state index is 5.96. The number of halogens is 1. The van der Waals surface area contributed by atoms with Gasteiger partial charge in [-0.25, -0.2) is 4.98 Å². The molecular weight excluding hydrogens is 246 g/mol.